The van der Waals surface area contributed by atoms with Crippen LogP contribution in [0, 0.1) is 0 Å². The first-order valence-corrected chi connectivity index (χ1v) is 8.32. The van der Waals surface area contributed by atoms with Gasteiger partial charge in [0.15, 0.2) is 12.4 Å². The Labute approximate surface area is 155 Å². The van der Waals surface area contributed by atoms with Crippen molar-refractivity contribution < 1.29 is 18.6 Å². The molecule has 0 spiro atoms. The van der Waals surface area contributed by atoms with Crippen LogP contribution in [0.25, 0.3) is 22.6 Å². The second kappa shape index (κ2) is 7.84. The summed E-state index contributed by atoms with van der Waals surface area (Å²) in [5.74, 6) is 1.87. The molecule has 1 aromatic carbocycles. The lowest BCUT2D eigenvalue weighted by Crippen LogP contribution is -2.01. The maximum Gasteiger partial charge on any atom is 0.228 e. The molecule has 0 unspecified atom stereocenters. The van der Waals surface area contributed by atoms with Gasteiger partial charge in [0.05, 0.1) is 17.5 Å². The zero-order valence-corrected chi connectivity index (χ0v) is 14.7. The van der Waals surface area contributed by atoms with Crippen LogP contribution >= 0.6 is 0 Å². The van der Waals surface area contributed by atoms with Gasteiger partial charge < -0.3 is 18.6 Å². The van der Waals surface area contributed by atoms with Crippen LogP contribution in [-0.2, 0) is 11.3 Å². The summed E-state index contributed by atoms with van der Waals surface area (Å²) in [7, 11) is 1.57. The predicted octanol–water partition coefficient (Wildman–Crippen LogP) is 3.85. The number of ether oxygens (including phenoxy) is 3. The van der Waals surface area contributed by atoms with E-state index in [1.165, 1.54) is 0 Å². The van der Waals surface area contributed by atoms with Crippen LogP contribution < -0.4 is 9.47 Å². The first-order valence-electron chi connectivity index (χ1n) is 8.32. The Bertz CT molecular complexity index is 1020. The minimum atomic E-state index is 0.191. The number of oxazole rings is 1. The number of methoxy groups -OCH3 is 1. The van der Waals surface area contributed by atoms with Gasteiger partial charge in [0.2, 0.25) is 5.89 Å². The maximum atomic E-state index is 5.81. The molecule has 0 bridgehead atoms. The van der Waals surface area contributed by atoms with Gasteiger partial charge in [0.1, 0.15) is 23.6 Å². The normalized spacial score (nSPS) is 10.9. The van der Waals surface area contributed by atoms with Crippen molar-refractivity contribution in [2.45, 2.75) is 6.61 Å². The number of nitrogens with zero attached hydrogens (tertiary/aromatic N) is 3. The summed E-state index contributed by atoms with van der Waals surface area (Å²) in [4.78, 5) is 12.9. The SMILES string of the molecule is COCOc1ccc(COc2ccc3oc(-c4cccnc4)nc3c2)nc1. The molecular weight excluding hydrogens is 346 g/mol. The Morgan fingerprint density at radius 3 is 2.70 bits per heavy atom. The molecule has 7 heteroatoms. The average Bonchev–Trinajstić information content (AvgIpc) is 3.15. The molecule has 4 aromatic rings. The summed E-state index contributed by atoms with van der Waals surface area (Å²) in [6.07, 6.45) is 5.06. The van der Waals surface area contributed by atoms with E-state index in [1.807, 2.05) is 42.5 Å². The second-order valence-electron chi connectivity index (χ2n) is 5.72. The zero-order chi connectivity index (χ0) is 18.5. The number of hydrogen-bond acceptors (Lipinski definition) is 7. The topological polar surface area (TPSA) is 79.5 Å². The first kappa shape index (κ1) is 17.0. The Hall–Kier alpha value is -3.45. The van der Waals surface area contributed by atoms with Gasteiger partial charge >= 0.3 is 0 Å². The number of fused-ring (bicyclic) bond motifs is 1. The minimum absolute atomic E-state index is 0.191. The van der Waals surface area contributed by atoms with Crippen LogP contribution in [-0.4, -0.2) is 28.9 Å². The molecule has 0 saturated heterocycles. The average molecular weight is 363 g/mol. The molecule has 27 heavy (non-hydrogen) atoms. The van der Waals surface area contributed by atoms with Crippen LogP contribution in [0.3, 0.4) is 0 Å². The molecule has 0 aliphatic carbocycles. The van der Waals surface area contributed by atoms with E-state index in [4.69, 9.17) is 18.6 Å². The summed E-state index contributed by atoms with van der Waals surface area (Å²) >= 11 is 0. The maximum absolute atomic E-state index is 5.81. The van der Waals surface area contributed by atoms with E-state index < -0.39 is 0 Å². The van der Waals surface area contributed by atoms with E-state index in [9.17, 15) is 0 Å². The van der Waals surface area contributed by atoms with Crippen molar-refractivity contribution >= 4 is 11.1 Å². The fourth-order valence-corrected chi connectivity index (χ4v) is 2.48. The lowest BCUT2D eigenvalue weighted by molar-refractivity contribution is 0.0508. The molecule has 0 N–H and O–H groups in total. The van der Waals surface area contributed by atoms with Crippen LogP contribution in [0.15, 0.2) is 65.5 Å². The molecule has 0 amide bonds. The first-order chi connectivity index (χ1) is 13.3. The van der Waals surface area contributed by atoms with Gasteiger partial charge in [-0.1, -0.05) is 0 Å². The molecule has 0 radical (unpaired) electrons. The van der Waals surface area contributed by atoms with Crippen LogP contribution in [0.4, 0.5) is 0 Å². The molecule has 0 aliphatic rings. The molecule has 136 valence electrons. The van der Waals surface area contributed by atoms with Gasteiger partial charge in [0, 0.05) is 25.6 Å². The van der Waals surface area contributed by atoms with Gasteiger partial charge in [-0.15, -0.1) is 0 Å². The monoisotopic (exact) mass is 363 g/mol. The Kier molecular flexibility index (Phi) is 4.93. The fourth-order valence-electron chi connectivity index (χ4n) is 2.48. The van der Waals surface area contributed by atoms with Crippen molar-refractivity contribution in [1.82, 2.24) is 15.0 Å². The highest BCUT2D eigenvalue weighted by Gasteiger charge is 2.09. The highest BCUT2D eigenvalue weighted by Crippen LogP contribution is 2.26. The van der Waals surface area contributed by atoms with Crippen molar-refractivity contribution in [1.29, 1.82) is 0 Å². The van der Waals surface area contributed by atoms with E-state index in [2.05, 4.69) is 15.0 Å². The number of aromatic nitrogens is 3. The second-order valence-corrected chi connectivity index (χ2v) is 5.72. The molecule has 3 heterocycles. The molecule has 7 nitrogen and oxygen atoms in total. The molecule has 0 aliphatic heterocycles. The molecule has 3 aromatic heterocycles. The third-order valence-corrected chi connectivity index (χ3v) is 3.80. The molecular formula is C20H17N3O4. The van der Waals surface area contributed by atoms with Crippen molar-refractivity contribution in [2.24, 2.45) is 0 Å². The Balaban J connectivity index is 1.45. The smallest absolute Gasteiger partial charge is 0.228 e. The number of rotatable bonds is 7. The quantitative estimate of drug-likeness (QED) is 0.461. The van der Waals surface area contributed by atoms with Crippen molar-refractivity contribution in [3.05, 3.63) is 66.7 Å². The van der Waals surface area contributed by atoms with Crippen LogP contribution in [0.1, 0.15) is 5.69 Å². The van der Waals surface area contributed by atoms with Crippen LogP contribution in [0.2, 0.25) is 0 Å². The Morgan fingerprint density at radius 2 is 1.93 bits per heavy atom. The zero-order valence-electron chi connectivity index (χ0n) is 14.7. The van der Waals surface area contributed by atoms with Crippen molar-refractivity contribution in [2.75, 3.05) is 13.9 Å². The van der Waals surface area contributed by atoms with Gasteiger partial charge in [-0.3, -0.25) is 9.97 Å². The van der Waals surface area contributed by atoms with Gasteiger partial charge in [-0.2, -0.15) is 0 Å². The summed E-state index contributed by atoms with van der Waals surface area (Å²) < 4.78 is 21.8. The Morgan fingerprint density at radius 1 is 1.00 bits per heavy atom. The van der Waals surface area contributed by atoms with E-state index in [0.29, 0.717) is 29.6 Å². The molecule has 0 fully saturated rings. The summed E-state index contributed by atoms with van der Waals surface area (Å²) in [6.45, 7) is 0.527. The van der Waals surface area contributed by atoms with E-state index in [1.54, 1.807) is 25.7 Å². The molecule has 4 rings (SSSR count). The van der Waals surface area contributed by atoms with Gasteiger partial charge in [0.25, 0.3) is 0 Å². The van der Waals surface area contributed by atoms with Gasteiger partial charge in [-0.25, -0.2) is 4.98 Å². The van der Waals surface area contributed by atoms with Crippen molar-refractivity contribution in [3.8, 4) is 23.0 Å². The summed E-state index contributed by atoms with van der Waals surface area (Å²) in [5.41, 5.74) is 3.04. The van der Waals surface area contributed by atoms with Crippen LogP contribution in [0.5, 0.6) is 11.5 Å². The highest BCUT2D eigenvalue weighted by atomic mass is 16.7. The minimum Gasteiger partial charge on any atom is -0.487 e. The number of hydrogen-bond donors (Lipinski definition) is 0. The highest BCUT2D eigenvalue weighted by molar-refractivity contribution is 5.77. The third-order valence-electron chi connectivity index (χ3n) is 3.80. The third kappa shape index (κ3) is 4.04. The molecule has 0 atom stereocenters. The number of pyridine rings is 2. The lowest BCUT2D eigenvalue weighted by atomic mass is 10.3. The standard InChI is InChI=1S/C20H17N3O4/c1-24-13-26-17-5-4-15(22-11-17)12-25-16-6-7-19-18(9-16)23-20(27-19)14-3-2-8-21-10-14/h2-11H,12-13H2,1H3. The van der Waals surface area contributed by atoms with E-state index >= 15 is 0 Å². The number of benzene rings is 1. The largest absolute Gasteiger partial charge is 0.487 e. The van der Waals surface area contributed by atoms with E-state index in [-0.39, 0.29) is 6.79 Å². The predicted molar refractivity (Wildman–Crippen MR) is 98.3 cm³/mol. The van der Waals surface area contributed by atoms with Gasteiger partial charge in [-0.05, 0) is 36.4 Å². The summed E-state index contributed by atoms with van der Waals surface area (Å²) in [5, 5.41) is 0. The fraction of sp³-hybridized carbons (Fsp3) is 0.150. The van der Waals surface area contributed by atoms with E-state index in [0.717, 1.165) is 16.8 Å². The molecule has 0 saturated carbocycles. The van der Waals surface area contributed by atoms with Crippen molar-refractivity contribution in [3.63, 3.8) is 0 Å². The summed E-state index contributed by atoms with van der Waals surface area (Å²) in [6, 6.07) is 12.9. The lowest BCUT2D eigenvalue weighted by Gasteiger charge is -2.07.